The van der Waals surface area contributed by atoms with Crippen LogP contribution in [0.4, 0.5) is 8.78 Å². The summed E-state index contributed by atoms with van der Waals surface area (Å²) in [6.07, 6.45) is 0. The number of rotatable bonds is 1. The van der Waals surface area contributed by atoms with Crippen molar-refractivity contribution in [2.45, 2.75) is 0 Å². The van der Waals surface area contributed by atoms with E-state index in [-0.39, 0.29) is 22.3 Å². The summed E-state index contributed by atoms with van der Waals surface area (Å²) in [6.45, 7) is 0. The molecule has 0 unspecified atom stereocenters. The maximum atomic E-state index is 14.6. The second-order valence-electron chi connectivity index (χ2n) is 5.08. The number of cyclic esters (lactones) is 4. The summed E-state index contributed by atoms with van der Waals surface area (Å²) >= 11 is 0. The highest BCUT2D eigenvalue weighted by molar-refractivity contribution is 6.16. The van der Waals surface area contributed by atoms with Gasteiger partial charge < -0.3 is 9.47 Å². The summed E-state index contributed by atoms with van der Waals surface area (Å²) in [7, 11) is 0. The van der Waals surface area contributed by atoms with Gasteiger partial charge in [0.15, 0.2) is 0 Å². The molecule has 6 nitrogen and oxygen atoms in total. The lowest BCUT2D eigenvalue weighted by molar-refractivity contribution is 0.0424. The number of benzene rings is 2. The van der Waals surface area contributed by atoms with Crippen molar-refractivity contribution in [1.82, 2.24) is 0 Å². The lowest BCUT2D eigenvalue weighted by Gasteiger charge is -2.07. The van der Waals surface area contributed by atoms with E-state index in [4.69, 9.17) is 0 Å². The van der Waals surface area contributed by atoms with Crippen molar-refractivity contribution < 1.29 is 37.4 Å². The number of hydrogen-bond acceptors (Lipinski definition) is 6. The lowest BCUT2D eigenvalue weighted by atomic mass is 9.96. The van der Waals surface area contributed by atoms with E-state index in [1.165, 1.54) is 0 Å². The van der Waals surface area contributed by atoms with Gasteiger partial charge in [-0.15, -0.1) is 0 Å². The topological polar surface area (TPSA) is 86.7 Å². The first-order valence-corrected chi connectivity index (χ1v) is 6.58. The van der Waals surface area contributed by atoms with Gasteiger partial charge in [-0.2, -0.15) is 0 Å². The predicted molar refractivity (Wildman–Crippen MR) is 71.3 cm³/mol. The Morgan fingerprint density at radius 2 is 1.25 bits per heavy atom. The van der Waals surface area contributed by atoms with E-state index in [0.29, 0.717) is 0 Å². The zero-order valence-electron chi connectivity index (χ0n) is 11.5. The number of hydrogen-bond donors (Lipinski definition) is 0. The monoisotopic (exact) mass is 330 g/mol. The van der Waals surface area contributed by atoms with Crippen LogP contribution in [-0.2, 0) is 9.47 Å². The molecule has 24 heavy (non-hydrogen) atoms. The van der Waals surface area contributed by atoms with Gasteiger partial charge in [0.05, 0.1) is 11.1 Å². The van der Waals surface area contributed by atoms with Gasteiger partial charge in [-0.1, -0.05) is 6.07 Å². The third-order valence-electron chi connectivity index (χ3n) is 3.76. The maximum Gasteiger partial charge on any atom is 0.349 e. The molecule has 118 valence electrons. The van der Waals surface area contributed by atoms with Gasteiger partial charge in [-0.05, 0) is 23.8 Å². The fraction of sp³-hybridized carbons (Fsp3) is 0. The van der Waals surface area contributed by atoms with E-state index in [0.717, 1.165) is 24.3 Å². The second kappa shape index (κ2) is 4.54. The zero-order chi connectivity index (χ0) is 17.2. The molecule has 2 aromatic rings. The van der Waals surface area contributed by atoms with Crippen LogP contribution in [0.2, 0.25) is 0 Å². The van der Waals surface area contributed by atoms with Crippen LogP contribution in [0.3, 0.4) is 0 Å². The fourth-order valence-corrected chi connectivity index (χ4v) is 2.68. The molecule has 0 aliphatic carbocycles. The Morgan fingerprint density at radius 1 is 0.667 bits per heavy atom. The summed E-state index contributed by atoms with van der Waals surface area (Å²) in [5.74, 6) is -6.44. The highest BCUT2D eigenvalue weighted by atomic mass is 19.1. The molecule has 0 N–H and O–H groups in total. The quantitative estimate of drug-likeness (QED) is 0.589. The Hall–Kier alpha value is -3.42. The SMILES string of the molecule is O=C1OC(=O)c2c(F)cc(-c3ccc4c(c3F)C(=O)OC4=O)cc21. The summed E-state index contributed by atoms with van der Waals surface area (Å²) < 4.78 is 37.3. The average Bonchev–Trinajstić information content (AvgIpc) is 2.97. The number of carbonyl (C=O) groups excluding carboxylic acids is 4. The first-order valence-electron chi connectivity index (χ1n) is 6.58. The smallest absolute Gasteiger partial charge is 0.349 e. The van der Waals surface area contributed by atoms with Crippen LogP contribution >= 0.6 is 0 Å². The fourth-order valence-electron chi connectivity index (χ4n) is 2.68. The molecule has 0 atom stereocenters. The standard InChI is InChI=1S/C16H4F2O6/c17-9-4-5(3-8-10(9)15(21)24-14(8)20)6-1-2-7-11(12(6)18)16(22)23-13(7)19/h1-4H. The van der Waals surface area contributed by atoms with Crippen LogP contribution in [0.1, 0.15) is 41.4 Å². The third-order valence-corrected chi connectivity index (χ3v) is 3.76. The van der Waals surface area contributed by atoms with Gasteiger partial charge in [-0.25, -0.2) is 28.0 Å². The molecule has 2 aliphatic rings. The second-order valence-corrected chi connectivity index (χ2v) is 5.08. The molecule has 2 aliphatic heterocycles. The van der Waals surface area contributed by atoms with Crippen molar-refractivity contribution in [2.75, 3.05) is 0 Å². The predicted octanol–water partition coefficient (Wildman–Crippen LogP) is 2.25. The van der Waals surface area contributed by atoms with Crippen LogP contribution in [0.25, 0.3) is 11.1 Å². The molecule has 8 heteroatoms. The third kappa shape index (κ3) is 1.73. The Kier molecular flexibility index (Phi) is 2.69. The van der Waals surface area contributed by atoms with Crippen LogP contribution in [0.5, 0.6) is 0 Å². The molecular formula is C16H4F2O6. The van der Waals surface area contributed by atoms with Gasteiger partial charge in [-0.3, -0.25) is 0 Å². The molecule has 0 saturated carbocycles. The Labute approximate surface area is 131 Å². The van der Waals surface area contributed by atoms with Crippen LogP contribution in [0.15, 0.2) is 24.3 Å². The van der Waals surface area contributed by atoms with Gasteiger partial charge in [0, 0.05) is 5.56 Å². The molecular weight excluding hydrogens is 326 g/mol. The molecule has 0 radical (unpaired) electrons. The zero-order valence-corrected chi connectivity index (χ0v) is 11.5. The number of carbonyl (C=O) groups is 4. The Bertz CT molecular complexity index is 1010. The van der Waals surface area contributed by atoms with E-state index in [2.05, 4.69) is 9.47 Å². The molecule has 2 heterocycles. The maximum absolute atomic E-state index is 14.6. The van der Waals surface area contributed by atoms with Gasteiger partial charge in [0.25, 0.3) is 0 Å². The molecule has 0 spiro atoms. The molecule has 0 saturated heterocycles. The summed E-state index contributed by atoms with van der Waals surface area (Å²) in [6, 6.07) is 4.23. The minimum atomic E-state index is -1.15. The molecule has 0 amide bonds. The Morgan fingerprint density at radius 3 is 1.96 bits per heavy atom. The average molecular weight is 330 g/mol. The largest absolute Gasteiger partial charge is 0.386 e. The minimum absolute atomic E-state index is 0.0923. The molecule has 0 aromatic heterocycles. The summed E-state index contributed by atoms with van der Waals surface area (Å²) in [5, 5.41) is 0. The van der Waals surface area contributed by atoms with E-state index in [1.807, 2.05) is 0 Å². The van der Waals surface area contributed by atoms with Gasteiger partial charge in [0.2, 0.25) is 0 Å². The first kappa shape index (κ1) is 14.2. The summed E-state index contributed by atoms with van der Waals surface area (Å²) in [5.41, 5.74) is -1.98. The first-order chi connectivity index (χ1) is 11.4. The van der Waals surface area contributed by atoms with Crippen molar-refractivity contribution in [2.24, 2.45) is 0 Å². The summed E-state index contributed by atoms with van der Waals surface area (Å²) in [4.78, 5) is 45.9. The normalized spacial score (nSPS) is 15.2. The molecule has 4 rings (SSSR count). The lowest BCUT2D eigenvalue weighted by Crippen LogP contribution is -2.02. The number of esters is 4. The highest BCUT2D eigenvalue weighted by Gasteiger charge is 2.36. The minimum Gasteiger partial charge on any atom is -0.386 e. The van der Waals surface area contributed by atoms with Crippen LogP contribution in [0, 0.1) is 11.6 Å². The van der Waals surface area contributed by atoms with E-state index in [9.17, 15) is 28.0 Å². The van der Waals surface area contributed by atoms with Crippen molar-refractivity contribution in [3.8, 4) is 11.1 Å². The van der Waals surface area contributed by atoms with E-state index in [1.54, 1.807) is 0 Å². The molecule has 0 fully saturated rings. The molecule has 0 bridgehead atoms. The molecule has 2 aromatic carbocycles. The van der Waals surface area contributed by atoms with Crippen molar-refractivity contribution >= 4 is 23.9 Å². The van der Waals surface area contributed by atoms with Crippen molar-refractivity contribution in [1.29, 1.82) is 0 Å². The number of fused-ring (bicyclic) bond motifs is 2. The van der Waals surface area contributed by atoms with E-state index < -0.39 is 46.6 Å². The van der Waals surface area contributed by atoms with Gasteiger partial charge in [0.1, 0.15) is 22.8 Å². The van der Waals surface area contributed by atoms with E-state index >= 15 is 0 Å². The van der Waals surface area contributed by atoms with Crippen molar-refractivity contribution in [3.63, 3.8) is 0 Å². The van der Waals surface area contributed by atoms with Crippen LogP contribution < -0.4 is 0 Å². The van der Waals surface area contributed by atoms with Crippen molar-refractivity contribution in [3.05, 3.63) is 58.2 Å². The number of ether oxygens (including phenoxy) is 2. The Balaban J connectivity index is 1.95. The number of halogens is 2. The highest BCUT2D eigenvalue weighted by Crippen LogP contribution is 2.34. The van der Waals surface area contributed by atoms with Gasteiger partial charge >= 0.3 is 23.9 Å². The van der Waals surface area contributed by atoms with Crippen LogP contribution in [-0.4, -0.2) is 23.9 Å².